The number of H-pyrrole nitrogens is 1. The highest BCUT2D eigenvalue weighted by molar-refractivity contribution is 7.92. The molecule has 0 unspecified atom stereocenters. The summed E-state index contributed by atoms with van der Waals surface area (Å²) in [4.78, 5) is 3.43. The number of para-hydroxylation sites is 1. The molecule has 0 bridgehead atoms. The standard InChI is InChI=1S/C26H26N2O4S/c1-16-8-14-20(15-9-16)33(30,31)28-25-24(21-6-4-5-7-22(21)27-25)23(17(2)26(28)29)18-10-12-19(32-3)13-11-18/h4-15,17,23,26-27,29H,1-3H3/t17-,23+,26-/m1/s1. The van der Waals surface area contributed by atoms with Crippen molar-refractivity contribution < 1.29 is 18.3 Å². The van der Waals surface area contributed by atoms with Gasteiger partial charge in [-0.1, -0.05) is 55.0 Å². The summed E-state index contributed by atoms with van der Waals surface area (Å²) in [5.41, 5.74) is 3.64. The third-order valence-corrected chi connectivity index (χ3v) is 8.33. The van der Waals surface area contributed by atoms with Crippen LogP contribution in [0.4, 0.5) is 5.82 Å². The number of fused-ring (bicyclic) bond motifs is 3. The minimum Gasteiger partial charge on any atom is -0.497 e. The van der Waals surface area contributed by atoms with Crippen molar-refractivity contribution in [2.75, 3.05) is 11.4 Å². The summed E-state index contributed by atoms with van der Waals surface area (Å²) in [5, 5.41) is 12.3. The van der Waals surface area contributed by atoms with Gasteiger partial charge in [-0.25, -0.2) is 12.7 Å². The van der Waals surface area contributed by atoms with E-state index in [2.05, 4.69) is 4.98 Å². The van der Waals surface area contributed by atoms with E-state index in [0.29, 0.717) is 5.82 Å². The van der Waals surface area contributed by atoms with Crippen LogP contribution >= 0.6 is 0 Å². The maximum Gasteiger partial charge on any atom is 0.267 e. The van der Waals surface area contributed by atoms with Crippen LogP contribution in [0.25, 0.3) is 10.9 Å². The van der Waals surface area contributed by atoms with Crippen molar-refractivity contribution in [3.8, 4) is 5.75 Å². The zero-order chi connectivity index (χ0) is 23.3. The lowest BCUT2D eigenvalue weighted by molar-refractivity contribution is 0.112. The Morgan fingerprint density at radius 3 is 2.30 bits per heavy atom. The van der Waals surface area contributed by atoms with Gasteiger partial charge in [-0.2, -0.15) is 0 Å². The molecule has 0 radical (unpaired) electrons. The normalized spacial score (nSPS) is 20.6. The zero-order valence-electron chi connectivity index (χ0n) is 18.7. The summed E-state index contributed by atoms with van der Waals surface area (Å²) in [6.07, 6.45) is -1.25. The number of ether oxygens (including phenoxy) is 1. The van der Waals surface area contributed by atoms with E-state index in [1.807, 2.05) is 62.4 Å². The van der Waals surface area contributed by atoms with Gasteiger partial charge >= 0.3 is 0 Å². The second-order valence-corrected chi connectivity index (χ2v) is 10.4. The molecule has 0 fully saturated rings. The summed E-state index contributed by atoms with van der Waals surface area (Å²) >= 11 is 0. The minimum atomic E-state index is -4.01. The van der Waals surface area contributed by atoms with Gasteiger partial charge in [0, 0.05) is 28.3 Å². The molecule has 0 aliphatic carbocycles. The Morgan fingerprint density at radius 1 is 0.970 bits per heavy atom. The molecule has 0 amide bonds. The monoisotopic (exact) mass is 462 g/mol. The first-order valence-corrected chi connectivity index (χ1v) is 12.3. The van der Waals surface area contributed by atoms with Crippen LogP contribution in [0.5, 0.6) is 5.75 Å². The molecule has 0 saturated heterocycles. The van der Waals surface area contributed by atoms with Gasteiger partial charge in [-0.05, 0) is 42.8 Å². The maximum absolute atomic E-state index is 13.8. The van der Waals surface area contributed by atoms with Crippen LogP contribution in [0.1, 0.15) is 29.5 Å². The van der Waals surface area contributed by atoms with Gasteiger partial charge in [0.2, 0.25) is 0 Å². The number of anilines is 1. The molecule has 1 aliphatic heterocycles. The van der Waals surface area contributed by atoms with Gasteiger partial charge < -0.3 is 14.8 Å². The lowest BCUT2D eigenvalue weighted by Crippen LogP contribution is -2.49. The van der Waals surface area contributed by atoms with E-state index in [-0.39, 0.29) is 10.8 Å². The summed E-state index contributed by atoms with van der Waals surface area (Å²) in [5.74, 6) is 0.542. The average Bonchev–Trinajstić information content (AvgIpc) is 3.18. The molecule has 0 saturated carbocycles. The SMILES string of the molecule is COc1ccc([C@H]2c3c([nH]c4ccccc34)N(S(=O)(=O)c3ccc(C)cc3)[C@H](O)[C@@H]2C)cc1. The van der Waals surface area contributed by atoms with Crippen LogP contribution in [0.15, 0.2) is 77.7 Å². The third-order valence-electron chi connectivity index (χ3n) is 6.55. The van der Waals surface area contributed by atoms with Crippen LogP contribution in [0.3, 0.4) is 0 Å². The fraction of sp³-hybridized carbons (Fsp3) is 0.231. The Hall–Kier alpha value is -3.29. The first kappa shape index (κ1) is 21.6. The van der Waals surface area contributed by atoms with Crippen LogP contribution in [0.2, 0.25) is 0 Å². The van der Waals surface area contributed by atoms with Gasteiger partial charge in [-0.3, -0.25) is 0 Å². The molecule has 6 nitrogen and oxygen atoms in total. The van der Waals surface area contributed by atoms with Crippen LogP contribution in [0, 0.1) is 12.8 Å². The Morgan fingerprint density at radius 2 is 1.64 bits per heavy atom. The maximum atomic E-state index is 13.8. The van der Waals surface area contributed by atoms with E-state index < -0.39 is 22.2 Å². The molecule has 170 valence electrons. The van der Waals surface area contributed by atoms with Gasteiger partial charge in [0.25, 0.3) is 10.0 Å². The van der Waals surface area contributed by atoms with Crippen molar-refractivity contribution in [3.63, 3.8) is 0 Å². The number of aliphatic hydroxyl groups excluding tert-OH is 1. The molecule has 4 aromatic rings. The number of sulfonamides is 1. The van der Waals surface area contributed by atoms with Crippen molar-refractivity contribution >= 4 is 26.7 Å². The van der Waals surface area contributed by atoms with Gasteiger partial charge in [-0.15, -0.1) is 0 Å². The Kier molecular flexibility index (Phi) is 5.18. The molecule has 1 aliphatic rings. The number of aromatic amines is 1. The zero-order valence-corrected chi connectivity index (χ0v) is 19.5. The smallest absolute Gasteiger partial charge is 0.267 e. The van der Waals surface area contributed by atoms with Gasteiger partial charge in [0.05, 0.1) is 12.0 Å². The Balaban J connectivity index is 1.74. The molecule has 1 aromatic heterocycles. The lowest BCUT2D eigenvalue weighted by Gasteiger charge is -2.41. The molecular formula is C26H26N2O4S. The highest BCUT2D eigenvalue weighted by atomic mass is 32.2. The summed E-state index contributed by atoms with van der Waals surface area (Å²) < 4.78 is 34.0. The van der Waals surface area contributed by atoms with Gasteiger partial charge in [0.15, 0.2) is 0 Å². The molecule has 7 heteroatoms. The second-order valence-electron chi connectivity index (χ2n) is 8.57. The van der Waals surface area contributed by atoms with Gasteiger partial charge in [0.1, 0.15) is 17.8 Å². The average molecular weight is 463 g/mol. The predicted molar refractivity (Wildman–Crippen MR) is 129 cm³/mol. The molecular weight excluding hydrogens is 436 g/mol. The van der Waals surface area contributed by atoms with Crippen molar-refractivity contribution in [2.45, 2.75) is 30.9 Å². The summed E-state index contributed by atoms with van der Waals surface area (Å²) in [6, 6.07) is 22.2. The highest BCUT2D eigenvalue weighted by Gasteiger charge is 2.46. The molecule has 3 aromatic carbocycles. The fourth-order valence-corrected chi connectivity index (χ4v) is 6.35. The lowest BCUT2D eigenvalue weighted by atomic mass is 9.78. The molecule has 3 atom stereocenters. The number of benzene rings is 3. The quantitative estimate of drug-likeness (QED) is 0.457. The first-order valence-electron chi connectivity index (χ1n) is 10.9. The van der Waals surface area contributed by atoms with Crippen LogP contribution in [-0.4, -0.2) is 31.8 Å². The van der Waals surface area contributed by atoms with Crippen LogP contribution < -0.4 is 9.04 Å². The first-order chi connectivity index (χ1) is 15.8. The van der Waals surface area contributed by atoms with Crippen LogP contribution in [-0.2, 0) is 10.0 Å². The van der Waals surface area contributed by atoms with E-state index in [1.54, 1.807) is 31.4 Å². The number of rotatable bonds is 4. The molecule has 33 heavy (non-hydrogen) atoms. The predicted octanol–water partition coefficient (Wildman–Crippen LogP) is 4.78. The second kappa shape index (κ2) is 7.93. The Labute approximate surface area is 193 Å². The minimum absolute atomic E-state index is 0.145. The fourth-order valence-electron chi connectivity index (χ4n) is 4.79. The molecule has 0 spiro atoms. The number of aromatic nitrogens is 1. The number of aliphatic hydroxyl groups is 1. The molecule has 5 rings (SSSR count). The number of nitrogens with zero attached hydrogens (tertiary/aromatic N) is 1. The number of hydrogen-bond acceptors (Lipinski definition) is 4. The third kappa shape index (κ3) is 3.39. The highest BCUT2D eigenvalue weighted by Crippen LogP contribution is 2.49. The Bertz CT molecular complexity index is 1410. The topological polar surface area (TPSA) is 82.6 Å². The van der Waals surface area contributed by atoms with E-state index in [0.717, 1.165) is 37.6 Å². The van der Waals surface area contributed by atoms with E-state index >= 15 is 0 Å². The van der Waals surface area contributed by atoms with E-state index in [1.165, 1.54) is 0 Å². The number of hydrogen-bond donors (Lipinski definition) is 2. The van der Waals surface area contributed by atoms with Crippen molar-refractivity contribution in [2.24, 2.45) is 5.92 Å². The number of aryl methyl sites for hydroxylation is 1. The van der Waals surface area contributed by atoms with Crippen molar-refractivity contribution in [1.29, 1.82) is 0 Å². The van der Waals surface area contributed by atoms with E-state index in [9.17, 15) is 13.5 Å². The molecule has 2 heterocycles. The summed E-state index contributed by atoms with van der Waals surface area (Å²) in [6.45, 7) is 3.80. The number of nitrogens with one attached hydrogen (secondary N) is 1. The van der Waals surface area contributed by atoms with E-state index in [4.69, 9.17) is 4.74 Å². The largest absolute Gasteiger partial charge is 0.497 e. The summed E-state index contributed by atoms with van der Waals surface area (Å²) in [7, 11) is -2.39. The molecule has 2 N–H and O–H groups in total. The number of methoxy groups -OCH3 is 1. The van der Waals surface area contributed by atoms with Crippen molar-refractivity contribution in [3.05, 3.63) is 89.5 Å². The van der Waals surface area contributed by atoms with Crippen molar-refractivity contribution in [1.82, 2.24) is 4.98 Å².